The van der Waals surface area contributed by atoms with Gasteiger partial charge in [0, 0.05) is 57.3 Å². The van der Waals surface area contributed by atoms with Crippen LogP contribution in [0.5, 0.6) is 0 Å². The lowest BCUT2D eigenvalue weighted by Crippen LogP contribution is -2.52. The molecule has 0 radical (unpaired) electrons. The third-order valence-corrected chi connectivity index (χ3v) is 9.15. The van der Waals surface area contributed by atoms with E-state index >= 15 is 0 Å². The van der Waals surface area contributed by atoms with Gasteiger partial charge in [-0.05, 0) is 26.2 Å². The molecular formula is C33H49N7O5S2. The zero-order valence-corrected chi connectivity index (χ0v) is 29.5. The van der Waals surface area contributed by atoms with Gasteiger partial charge < -0.3 is 30.3 Å². The fourth-order valence-corrected chi connectivity index (χ4v) is 5.78. The lowest BCUT2D eigenvalue weighted by Gasteiger charge is -2.29. The SMILES string of the molecule is CC(C)c1nc(CN(C)C(=O)NC(CCN2CCOCC2)C(=O)NCCCCNC(=O)OCc2cncs2)cs1.Cc1ccccc1. The number of nitrogens with one attached hydrogen (secondary N) is 3. The number of hydrogen-bond acceptors (Lipinski definition) is 10. The highest BCUT2D eigenvalue weighted by atomic mass is 32.1. The number of urea groups is 1. The molecule has 0 aliphatic carbocycles. The summed E-state index contributed by atoms with van der Waals surface area (Å²) in [6.45, 7) is 11.3. The molecule has 1 aromatic carbocycles. The van der Waals surface area contributed by atoms with E-state index in [1.165, 1.54) is 16.9 Å². The first-order valence-corrected chi connectivity index (χ1v) is 17.8. The molecule has 14 heteroatoms. The van der Waals surface area contributed by atoms with Crippen molar-refractivity contribution in [2.45, 2.75) is 65.1 Å². The Morgan fingerprint density at radius 2 is 1.79 bits per heavy atom. The van der Waals surface area contributed by atoms with Gasteiger partial charge in [0.15, 0.2) is 0 Å². The Morgan fingerprint density at radius 3 is 2.40 bits per heavy atom. The Morgan fingerprint density at radius 1 is 1.06 bits per heavy atom. The second kappa shape index (κ2) is 21.3. The number of nitrogens with zero attached hydrogens (tertiary/aromatic N) is 4. The first kappa shape index (κ1) is 37.9. The van der Waals surface area contributed by atoms with E-state index in [-0.39, 0.29) is 18.5 Å². The van der Waals surface area contributed by atoms with Crippen LogP contribution in [0.15, 0.2) is 47.4 Å². The molecule has 0 bridgehead atoms. The summed E-state index contributed by atoms with van der Waals surface area (Å²) in [5.41, 5.74) is 3.84. The van der Waals surface area contributed by atoms with Crippen molar-refractivity contribution in [3.05, 3.63) is 68.6 Å². The van der Waals surface area contributed by atoms with Gasteiger partial charge in [0.25, 0.3) is 0 Å². The van der Waals surface area contributed by atoms with Crippen LogP contribution in [-0.4, -0.2) is 96.8 Å². The third kappa shape index (κ3) is 15.2. The molecule has 47 heavy (non-hydrogen) atoms. The molecule has 0 spiro atoms. The zero-order chi connectivity index (χ0) is 33.9. The molecule has 2 aromatic heterocycles. The first-order valence-electron chi connectivity index (χ1n) is 16.0. The van der Waals surface area contributed by atoms with Crippen LogP contribution in [-0.2, 0) is 27.4 Å². The smallest absolute Gasteiger partial charge is 0.407 e. The summed E-state index contributed by atoms with van der Waals surface area (Å²) >= 11 is 3.02. The molecular weight excluding hydrogens is 639 g/mol. The standard InChI is InChI=1S/C26H41N7O5S2.C7H8/c1-19(2)24-30-20(17-39-24)15-32(3)25(35)31-22(6-9-33-10-12-37-13-11-33)23(34)28-7-4-5-8-29-26(36)38-16-21-14-27-18-40-21;1-7-5-3-2-4-6-7/h14,17-19,22H,4-13,15-16H2,1-3H3,(H,28,34)(H,29,36)(H,31,35);2-6H,1H3. The van der Waals surface area contributed by atoms with Crippen LogP contribution in [0.1, 0.15) is 60.2 Å². The van der Waals surface area contributed by atoms with E-state index in [1.54, 1.807) is 35.0 Å². The van der Waals surface area contributed by atoms with Crippen LogP contribution in [0.4, 0.5) is 9.59 Å². The molecule has 258 valence electrons. The van der Waals surface area contributed by atoms with Gasteiger partial charge in [-0.1, -0.05) is 49.7 Å². The first-order chi connectivity index (χ1) is 22.7. The number of amides is 4. The van der Waals surface area contributed by atoms with Crippen LogP contribution < -0.4 is 16.0 Å². The predicted molar refractivity (Wildman–Crippen MR) is 186 cm³/mol. The third-order valence-electron chi connectivity index (χ3n) is 7.20. The normalized spacial score (nSPS) is 13.6. The Kier molecular flexibility index (Phi) is 17.2. The molecule has 1 saturated heterocycles. The maximum absolute atomic E-state index is 13.1. The number of aryl methyl sites for hydroxylation is 1. The fraction of sp³-hybridized carbons (Fsp3) is 0.545. The highest BCUT2D eigenvalue weighted by Crippen LogP contribution is 2.20. The second-order valence-electron chi connectivity index (χ2n) is 11.6. The summed E-state index contributed by atoms with van der Waals surface area (Å²) in [4.78, 5) is 51.0. The Bertz CT molecular complexity index is 1320. The average Bonchev–Trinajstić information content (AvgIpc) is 3.77. The lowest BCUT2D eigenvalue weighted by molar-refractivity contribution is -0.123. The van der Waals surface area contributed by atoms with Gasteiger partial charge in [-0.15, -0.1) is 22.7 Å². The average molecular weight is 688 g/mol. The van der Waals surface area contributed by atoms with Crippen LogP contribution in [0.3, 0.4) is 0 Å². The van der Waals surface area contributed by atoms with E-state index in [2.05, 4.69) is 63.7 Å². The molecule has 1 fully saturated rings. The van der Waals surface area contributed by atoms with Crippen molar-refractivity contribution in [1.29, 1.82) is 0 Å². The van der Waals surface area contributed by atoms with Crippen LogP contribution in [0.25, 0.3) is 0 Å². The summed E-state index contributed by atoms with van der Waals surface area (Å²) in [7, 11) is 1.70. The van der Waals surface area contributed by atoms with Gasteiger partial charge in [-0.2, -0.15) is 0 Å². The zero-order valence-electron chi connectivity index (χ0n) is 27.9. The molecule has 4 amide bonds. The van der Waals surface area contributed by atoms with Crippen LogP contribution >= 0.6 is 22.7 Å². The molecule has 4 rings (SSSR count). The highest BCUT2D eigenvalue weighted by Gasteiger charge is 2.24. The number of ether oxygens (including phenoxy) is 2. The summed E-state index contributed by atoms with van der Waals surface area (Å²) < 4.78 is 10.6. The summed E-state index contributed by atoms with van der Waals surface area (Å²) in [5.74, 6) is 0.118. The summed E-state index contributed by atoms with van der Waals surface area (Å²) in [6, 6.07) is 9.28. The molecule has 12 nitrogen and oxygen atoms in total. The number of alkyl carbamates (subject to hydrolysis) is 1. The number of hydrogen-bond donors (Lipinski definition) is 3. The molecule has 3 heterocycles. The van der Waals surface area contributed by atoms with Crippen molar-refractivity contribution in [3.63, 3.8) is 0 Å². The minimum Gasteiger partial charge on any atom is -0.444 e. The Labute approximate surface area is 286 Å². The number of thiazole rings is 2. The van der Waals surface area contributed by atoms with Gasteiger partial charge >= 0.3 is 12.1 Å². The molecule has 3 N–H and O–H groups in total. The van der Waals surface area contributed by atoms with Crippen molar-refractivity contribution in [1.82, 2.24) is 35.7 Å². The number of carbonyl (C=O) groups excluding carboxylic acids is 3. The number of benzene rings is 1. The van der Waals surface area contributed by atoms with Gasteiger partial charge in [0.2, 0.25) is 5.91 Å². The number of morpholine rings is 1. The molecule has 1 unspecified atom stereocenters. The van der Waals surface area contributed by atoms with E-state index in [0.29, 0.717) is 64.6 Å². The fourth-order valence-electron chi connectivity index (χ4n) is 4.45. The number of rotatable bonds is 15. The van der Waals surface area contributed by atoms with E-state index in [0.717, 1.165) is 28.7 Å². The van der Waals surface area contributed by atoms with Crippen LogP contribution in [0.2, 0.25) is 0 Å². The van der Waals surface area contributed by atoms with Gasteiger partial charge in [-0.3, -0.25) is 14.7 Å². The van der Waals surface area contributed by atoms with Crippen molar-refractivity contribution < 1.29 is 23.9 Å². The van der Waals surface area contributed by atoms with Crippen molar-refractivity contribution >= 4 is 40.7 Å². The van der Waals surface area contributed by atoms with E-state index in [1.807, 2.05) is 23.6 Å². The van der Waals surface area contributed by atoms with E-state index in [9.17, 15) is 14.4 Å². The topological polar surface area (TPSA) is 138 Å². The van der Waals surface area contributed by atoms with Crippen LogP contribution in [0, 0.1) is 6.92 Å². The van der Waals surface area contributed by atoms with Gasteiger partial charge in [0.05, 0.1) is 40.8 Å². The lowest BCUT2D eigenvalue weighted by atomic mass is 10.1. The molecule has 1 aliphatic rings. The Balaban J connectivity index is 0.000000756. The van der Waals surface area contributed by atoms with Crippen molar-refractivity contribution in [2.24, 2.45) is 0 Å². The quantitative estimate of drug-likeness (QED) is 0.194. The largest absolute Gasteiger partial charge is 0.444 e. The van der Waals surface area contributed by atoms with E-state index in [4.69, 9.17) is 9.47 Å². The molecule has 3 aromatic rings. The molecule has 1 aliphatic heterocycles. The number of unbranched alkanes of at least 4 members (excludes halogenated alkanes) is 1. The number of carbonyl (C=O) groups is 3. The second-order valence-corrected chi connectivity index (χ2v) is 13.4. The van der Waals surface area contributed by atoms with Crippen molar-refractivity contribution in [3.8, 4) is 0 Å². The summed E-state index contributed by atoms with van der Waals surface area (Å²) in [6.07, 6.45) is 3.03. The maximum Gasteiger partial charge on any atom is 0.407 e. The predicted octanol–water partition coefficient (Wildman–Crippen LogP) is 4.77. The highest BCUT2D eigenvalue weighted by molar-refractivity contribution is 7.09. The molecule has 0 saturated carbocycles. The number of aromatic nitrogens is 2. The summed E-state index contributed by atoms with van der Waals surface area (Å²) in [5, 5.41) is 11.6. The van der Waals surface area contributed by atoms with Gasteiger partial charge in [-0.25, -0.2) is 14.6 Å². The Hall–Kier alpha value is -3.59. The monoisotopic (exact) mass is 687 g/mol. The maximum atomic E-state index is 13.1. The molecule has 1 atom stereocenters. The van der Waals surface area contributed by atoms with Crippen molar-refractivity contribution in [2.75, 3.05) is 53.0 Å². The minimum absolute atomic E-state index is 0.196. The minimum atomic E-state index is -0.667. The van der Waals surface area contributed by atoms with E-state index < -0.39 is 12.1 Å². The van der Waals surface area contributed by atoms with Gasteiger partial charge in [0.1, 0.15) is 12.6 Å².